The molecule has 5 heteroatoms. The number of carbonyl (C=O) groups excluding carboxylic acids is 1. The highest BCUT2D eigenvalue weighted by Crippen LogP contribution is 2.83. The third kappa shape index (κ3) is 2.02. The zero-order chi connectivity index (χ0) is 24.1. The number of aliphatic hydroxyl groups is 2. The summed E-state index contributed by atoms with van der Waals surface area (Å²) in [5.41, 5.74) is -0.282. The molecule has 2 aliphatic heterocycles. The Balaban J connectivity index is 1.38. The van der Waals surface area contributed by atoms with Gasteiger partial charge in [-0.15, -0.1) is 0 Å². The van der Waals surface area contributed by atoms with Gasteiger partial charge < -0.3 is 19.7 Å². The second-order valence-corrected chi connectivity index (χ2v) is 14.4. The van der Waals surface area contributed by atoms with Crippen molar-refractivity contribution in [1.82, 2.24) is 0 Å². The highest BCUT2D eigenvalue weighted by Gasteiger charge is 2.88. The average Bonchev–Trinajstić information content (AvgIpc) is 3.55. The van der Waals surface area contributed by atoms with Crippen molar-refractivity contribution in [3.05, 3.63) is 12.2 Å². The number of esters is 1. The van der Waals surface area contributed by atoms with Crippen molar-refractivity contribution in [2.75, 3.05) is 6.61 Å². The lowest BCUT2D eigenvalue weighted by molar-refractivity contribution is -0.274. The zero-order valence-corrected chi connectivity index (χ0v) is 21.4. The molecular weight excluding hydrogens is 428 g/mol. The molecule has 2 N–H and O–H groups in total. The highest BCUT2D eigenvalue weighted by molar-refractivity contribution is 5.82. The fraction of sp³-hybridized carbons (Fsp3) is 0.897. The lowest BCUT2D eigenvalue weighted by Gasteiger charge is -2.72. The predicted octanol–water partition coefficient (Wildman–Crippen LogP) is 4.40. The summed E-state index contributed by atoms with van der Waals surface area (Å²) in [6.07, 6.45) is 8.00. The van der Waals surface area contributed by atoms with E-state index in [1.165, 1.54) is 5.57 Å². The van der Waals surface area contributed by atoms with Gasteiger partial charge in [0.2, 0.25) is 0 Å². The van der Waals surface area contributed by atoms with Crippen LogP contribution in [0.4, 0.5) is 0 Å². The van der Waals surface area contributed by atoms with Gasteiger partial charge in [0, 0.05) is 16.7 Å². The molecule has 7 rings (SSSR count). The summed E-state index contributed by atoms with van der Waals surface area (Å²) < 4.78 is 13.4. The van der Waals surface area contributed by atoms with Crippen molar-refractivity contribution in [3.8, 4) is 0 Å². The minimum Gasteiger partial charge on any atom is -0.455 e. The summed E-state index contributed by atoms with van der Waals surface area (Å²) in [5.74, 6) is 0.828. The van der Waals surface area contributed by atoms with Crippen molar-refractivity contribution in [1.29, 1.82) is 0 Å². The number of aliphatic hydroxyl groups excluding tert-OH is 2. The van der Waals surface area contributed by atoms with Gasteiger partial charge in [-0.2, -0.15) is 0 Å². The summed E-state index contributed by atoms with van der Waals surface area (Å²) in [7, 11) is 0. The fourth-order valence-corrected chi connectivity index (χ4v) is 11.8. The predicted molar refractivity (Wildman–Crippen MR) is 127 cm³/mol. The van der Waals surface area contributed by atoms with Crippen LogP contribution in [-0.4, -0.2) is 46.7 Å². The van der Waals surface area contributed by atoms with E-state index in [9.17, 15) is 15.0 Å². The van der Waals surface area contributed by atoms with Crippen LogP contribution >= 0.6 is 0 Å². The maximum atomic E-state index is 13.6. The Morgan fingerprint density at radius 1 is 1.03 bits per heavy atom. The third-order valence-corrected chi connectivity index (χ3v) is 13.7. The summed E-state index contributed by atoms with van der Waals surface area (Å²) in [5, 5.41) is 21.4. The number of carbonyl (C=O) groups is 1. The highest BCUT2D eigenvalue weighted by atomic mass is 16.6. The lowest BCUT2D eigenvalue weighted by Crippen LogP contribution is -2.74. The molecular formula is C29H42O5. The number of ether oxygens (including phenoxy) is 2. The summed E-state index contributed by atoms with van der Waals surface area (Å²) in [6.45, 7) is 13.8. The van der Waals surface area contributed by atoms with Gasteiger partial charge in [0.15, 0.2) is 5.60 Å². The normalized spacial score (nSPS) is 63.6. The molecule has 5 nitrogen and oxygen atoms in total. The Kier molecular flexibility index (Phi) is 4.03. The van der Waals surface area contributed by atoms with Crippen LogP contribution in [0.15, 0.2) is 12.2 Å². The number of rotatable bonds is 1. The standard InChI is InChI=1S/C29H42O5/c1-16-6-11-28-13-12-27(5)26(4)10-7-17-24(2,9-8-19(31)25(17,3)15-30)21(26)20-22(33-20)29(27,18(28)14-16)34-23(28)32/h17-22,30-31H,1,6-15H2,2-5H3/t17-,18-,19?,20?,21-,22?,24-,25-,26+,27-,28-,29+/m0/s1. The topological polar surface area (TPSA) is 79.3 Å². The van der Waals surface area contributed by atoms with Crippen LogP contribution in [0.3, 0.4) is 0 Å². The van der Waals surface area contributed by atoms with E-state index in [1.54, 1.807) is 0 Å². The molecule has 0 aromatic carbocycles. The lowest BCUT2D eigenvalue weighted by atomic mass is 9.31. The molecule has 7 fully saturated rings. The van der Waals surface area contributed by atoms with Crippen LogP contribution in [0.1, 0.15) is 85.5 Å². The number of allylic oxidation sites excluding steroid dienone is 1. The molecule has 3 unspecified atom stereocenters. The Labute approximate surface area is 203 Å². The van der Waals surface area contributed by atoms with Crippen molar-refractivity contribution < 1.29 is 24.5 Å². The molecule has 2 heterocycles. The Hall–Kier alpha value is -0.910. The van der Waals surface area contributed by atoms with E-state index >= 15 is 0 Å². The van der Waals surface area contributed by atoms with Crippen molar-refractivity contribution in [2.24, 2.45) is 44.8 Å². The molecule has 5 saturated carbocycles. The molecule has 34 heavy (non-hydrogen) atoms. The molecule has 2 saturated heterocycles. The molecule has 7 aliphatic rings. The van der Waals surface area contributed by atoms with Gasteiger partial charge in [0.25, 0.3) is 0 Å². The molecule has 188 valence electrons. The van der Waals surface area contributed by atoms with Crippen LogP contribution in [0.5, 0.6) is 0 Å². The summed E-state index contributed by atoms with van der Waals surface area (Å²) in [6, 6.07) is 0. The van der Waals surface area contributed by atoms with Crippen LogP contribution in [0, 0.1) is 44.8 Å². The first-order valence-corrected chi connectivity index (χ1v) is 13.8. The van der Waals surface area contributed by atoms with Crippen LogP contribution < -0.4 is 0 Å². The molecule has 0 amide bonds. The Morgan fingerprint density at radius 3 is 2.53 bits per heavy atom. The smallest absolute Gasteiger partial charge is 0.313 e. The first-order valence-electron chi connectivity index (χ1n) is 13.8. The molecule has 5 aliphatic carbocycles. The SMILES string of the molecule is C=C1CC[C@@]23CC[C@@]4(C)[C@]5(C)CC[C@H]6[C@](C)(CCC(O)[C@@]6(C)CO)[C@@H]5C5OC5[C@]4(OC2=O)[C@H]3C1. The van der Waals surface area contributed by atoms with E-state index in [2.05, 4.69) is 34.3 Å². The van der Waals surface area contributed by atoms with Crippen LogP contribution in [-0.2, 0) is 14.3 Å². The molecule has 0 radical (unpaired) electrons. The maximum Gasteiger partial charge on any atom is 0.313 e. The van der Waals surface area contributed by atoms with E-state index in [1.807, 2.05) is 0 Å². The summed E-state index contributed by atoms with van der Waals surface area (Å²) >= 11 is 0. The maximum absolute atomic E-state index is 13.6. The van der Waals surface area contributed by atoms with E-state index in [-0.39, 0.29) is 58.3 Å². The van der Waals surface area contributed by atoms with Crippen molar-refractivity contribution in [2.45, 2.75) is 109 Å². The zero-order valence-electron chi connectivity index (χ0n) is 21.4. The quantitative estimate of drug-likeness (QED) is 0.337. The first-order chi connectivity index (χ1) is 15.9. The minimum absolute atomic E-state index is 0.0128. The molecule has 0 aromatic heterocycles. The second-order valence-electron chi connectivity index (χ2n) is 14.4. The van der Waals surface area contributed by atoms with E-state index in [0.29, 0.717) is 5.92 Å². The van der Waals surface area contributed by atoms with Crippen molar-refractivity contribution >= 4 is 5.97 Å². The van der Waals surface area contributed by atoms with Gasteiger partial charge in [-0.05, 0) is 80.5 Å². The first kappa shape index (κ1) is 22.3. The number of hydrogen-bond donors (Lipinski definition) is 2. The van der Waals surface area contributed by atoms with Gasteiger partial charge in [-0.3, -0.25) is 4.79 Å². The molecule has 2 bridgehead atoms. The Morgan fingerprint density at radius 2 is 1.79 bits per heavy atom. The largest absolute Gasteiger partial charge is 0.455 e. The van der Waals surface area contributed by atoms with Gasteiger partial charge in [0.1, 0.15) is 6.10 Å². The molecule has 12 atom stereocenters. The summed E-state index contributed by atoms with van der Waals surface area (Å²) in [4.78, 5) is 13.6. The molecule has 0 aromatic rings. The fourth-order valence-electron chi connectivity index (χ4n) is 11.8. The third-order valence-electron chi connectivity index (χ3n) is 13.7. The monoisotopic (exact) mass is 470 g/mol. The Bertz CT molecular complexity index is 993. The van der Waals surface area contributed by atoms with E-state index in [4.69, 9.17) is 9.47 Å². The van der Waals surface area contributed by atoms with E-state index in [0.717, 1.165) is 57.8 Å². The molecule has 1 spiro atoms. The van der Waals surface area contributed by atoms with Gasteiger partial charge in [-0.1, -0.05) is 39.8 Å². The van der Waals surface area contributed by atoms with Crippen LogP contribution in [0.25, 0.3) is 0 Å². The number of fused-ring (bicyclic) bond motifs is 6. The minimum atomic E-state index is -0.542. The average molecular weight is 471 g/mol. The van der Waals surface area contributed by atoms with Gasteiger partial charge in [-0.25, -0.2) is 0 Å². The number of hydrogen-bond acceptors (Lipinski definition) is 5. The second kappa shape index (κ2) is 6.14. The van der Waals surface area contributed by atoms with Crippen LogP contribution in [0.2, 0.25) is 0 Å². The van der Waals surface area contributed by atoms with Gasteiger partial charge >= 0.3 is 5.97 Å². The van der Waals surface area contributed by atoms with Gasteiger partial charge in [0.05, 0.1) is 24.2 Å². The number of epoxide rings is 1. The van der Waals surface area contributed by atoms with E-state index < -0.39 is 17.1 Å². The van der Waals surface area contributed by atoms with Crippen molar-refractivity contribution in [3.63, 3.8) is 0 Å².